The van der Waals surface area contributed by atoms with Crippen LogP contribution >= 0.6 is 0 Å². The molecule has 0 bridgehead atoms. The van der Waals surface area contributed by atoms with Crippen molar-refractivity contribution in [3.63, 3.8) is 0 Å². The first-order valence-electron chi connectivity index (χ1n) is 5.52. The summed E-state index contributed by atoms with van der Waals surface area (Å²) in [5, 5.41) is 5.07. The predicted molar refractivity (Wildman–Crippen MR) is 66.5 cm³/mol. The Labute approximate surface area is 107 Å². The third-order valence-electron chi connectivity index (χ3n) is 1.58. The van der Waals surface area contributed by atoms with Gasteiger partial charge in [0.1, 0.15) is 11.3 Å². The molecule has 0 aromatic heterocycles. The van der Waals surface area contributed by atoms with Crippen molar-refractivity contribution in [2.75, 3.05) is 20.2 Å². The second-order valence-electron chi connectivity index (χ2n) is 4.42. The molecule has 0 heterocycles. The van der Waals surface area contributed by atoms with E-state index in [2.05, 4.69) is 15.4 Å². The van der Waals surface area contributed by atoms with Crippen LogP contribution in [0.5, 0.6) is 0 Å². The summed E-state index contributed by atoms with van der Waals surface area (Å²) in [5.41, 5.74) is 4.60. The van der Waals surface area contributed by atoms with E-state index in [1.165, 1.54) is 13.3 Å². The van der Waals surface area contributed by atoms with Crippen molar-refractivity contribution in [2.24, 2.45) is 5.73 Å². The van der Waals surface area contributed by atoms with Crippen molar-refractivity contribution in [1.29, 1.82) is 0 Å². The van der Waals surface area contributed by atoms with Crippen LogP contribution in [0.2, 0.25) is 0 Å². The number of alkyl carbamates (subject to hydrolysis) is 1. The molecule has 0 spiro atoms. The highest BCUT2D eigenvalue weighted by atomic mass is 16.6. The van der Waals surface area contributed by atoms with Crippen LogP contribution in [0.25, 0.3) is 0 Å². The lowest BCUT2D eigenvalue weighted by Gasteiger charge is -2.20. The van der Waals surface area contributed by atoms with Gasteiger partial charge in [-0.15, -0.1) is 0 Å². The van der Waals surface area contributed by atoms with Crippen molar-refractivity contribution in [1.82, 2.24) is 10.6 Å². The molecule has 104 valence electrons. The van der Waals surface area contributed by atoms with Gasteiger partial charge >= 0.3 is 12.1 Å². The van der Waals surface area contributed by atoms with E-state index in [0.717, 1.165) is 0 Å². The first-order valence-corrected chi connectivity index (χ1v) is 5.52. The van der Waals surface area contributed by atoms with Gasteiger partial charge in [-0.3, -0.25) is 5.32 Å². The molecule has 7 nitrogen and oxygen atoms in total. The number of carbonyl (C=O) groups excluding carboxylic acids is 2. The zero-order valence-electron chi connectivity index (χ0n) is 11.2. The molecular weight excluding hydrogens is 238 g/mol. The molecule has 0 rings (SSSR count). The molecule has 0 aromatic rings. The summed E-state index contributed by atoms with van der Waals surface area (Å²) in [6.45, 7) is 6.04. The lowest BCUT2D eigenvalue weighted by atomic mass is 10.2. The van der Waals surface area contributed by atoms with Crippen LogP contribution < -0.4 is 16.4 Å². The highest BCUT2D eigenvalue weighted by Gasteiger charge is 2.19. The Balaban J connectivity index is 4.55. The minimum atomic E-state index is -0.728. The largest absolute Gasteiger partial charge is 0.464 e. The Kier molecular flexibility index (Phi) is 6.81. The van der Waals surface area contributed by atoms with E-state index in [1.807, 2.05) is 0 Å². The van der Waals surface area contributed by atoms with Gasteiger partial charge in [0, 0.05) is 19.3 Å². The van der Waals surface area contributed by atoms with E-state index in [4.69, 9.17) is 10.5 Å². The van der Waals surface area contributed by atoms with Gasteiger partial charge < -0.3 is 20.5 Å². The smallest absolute Gasteiger partial charge is 0.412 e. The second-order valence-corrected chi connectivity index (χ2v) is 4.42. The SMILES string of the molecule is COC(=O)/C(=C\NCCN)NC(=O)OC(C)(C)C. The minimum Gasteiger partial charge on any atom is -0.464 e. The summed E-state index contributed by atoms with van der Waals surface area (Å²) in [7, 11) is 1.22. The van der Waals surface area contributed by atoms with Crippen LogP contribution in [0.1, 0.15) is 20.8 Å². The van der Waals surface area contributed by atoms with E-state index in [9.17, 15) is 9.59 Å². The zero-order valence-corrected chi connectivity index (χ0v) is 11.2. The minimum absolute atomic E-state index is 0.0415. The Morgan fingerprint density at radius 3 is 2.39 bits per heavy atom. The number of hydrogen-bond donors (Lipinski definition) is 3. The summed E-state index contributed by atoms with van der Waals surface area (Å²) < 4.78 is 9.54. The molecule has 0 radical (unpaired) electrons. The normalized spacial score (nSPS) is 11.7. The Hall–Kier alpha value is -1.76. The van der Waals surface area contributed by atoms with E-state index < -0.39 is 17.7 Å². The average Bonchev–Trinajstić information content (AvgIpc) is 2.24. The van der Waals surface area contributed by atoms with E-state index in [-0.39, 0.29) is 5.70 Å². The highest BCUT2D eigenvalue weighted by molar-refractivity contribution is 5.92. The van der Waals surface area contributed by atoms with Gasteiger partial charge in [-0.05, 0) is 20.8 Å². The Morgan fingerprint density at radius 2 is 1.94 bits per heavy atom. The van der Waals surface area contributed by atoms with Gasteiger partial charge in [0.25, 0.3) is 0 Å². The number of carbonyl (C=O) groups is 2. The number of rotatable bonds is 5. The molecule has 0 aliphatic carbocycles. The summed E-state index contributed by atoms with van der Waals surface area (Å²) in [5.74, 6) is -0.676. The number of esters is 1. The fourth-order valence-corrected chi connectivity index (χ4v) is 0.927. The molecule has 0 aliphatic rings. The van der Waals surface area contributed by atoms with E-state index >= 15 is 0 Å². The van der Waals surface area contributed by atoms with E-state index in [0.29, 0.717) is 13.1 Å². The molecule has 4 N–H and O–H groups in total. The topological polar surface area (TPSA) is 103 Å². The van der Waals surface area contributed by atoms with Crippen LogP contribution in [0.4, 0.5) is 4.79 Å². The van der Waals surface area contributed by atoms with Crippen LogP contribution in [0, 0.1) is 0 Å². The lowest BCUT2D eigenvalue weighted by Crippen LogP contribution is -2.35. The Bertz CT molecular complexity index is 321. The lowest BCUT2D eigenvalue weighted by molar-refractivity contribution is -0.136. The molecule has 0 aromatic carbocycles. The van der Waals surface area contributed by atoms with Gasteiger partial charge in [0.05, 0.1) is 7.11 Å². The van der Waals surface area contributed by atoms with Crippen LogP contribution in [-0.2, 0) is 14.3 Å². The fraction of sp³-hybridized carbons (Fsp3) is 0.636. The van der Waals surface area contributed by atoms with Gasteiger partial charge in [-0.25, -0.2) is 9.59 Å². The molecule has 0 unspecified atom stereocenters. The summed E-state index contributed by atoms with van der Waals surface area (Å²) >= 11 is 0. The third-order valence-corrected chi connectivity index (χ3v) is 1.58. The second kappa shape index (κ2) is 7.54. The molecule has 0 saturated heterocycles. The standard InChI is InChI=1S/C11H21N3O4/c1-11(2,3)18-10(16)14-8(9(15)17-4)7-13-6-5-12/h7,13H,5-6,12H2,1-4H3,(H,14,16)/b8-7+. The molecule has 0 atom stereocenters. The monoisotopic (exact) mass is 259 g/mol. The first kappa shape index (κ1) is 16.2. The summed E-state index contributed by atoms with van der Waals surface area (Å²) in [6.07, 6.45) is 0.594. The quantitative estimate of drug-likeness (QED) is 0.367. The molecule has 0 aliphatic heterocycles. The number of nitrogens with one attached hydrogen (secondary N) is 2. The van der Waals surface area contributed by atoms with Crippen molar-refractivity contribution in [3.05, 3.63) is 11.9 Å². The zero-order chi connectivity index (χ0) is 14.2. The maximum absolute atomic E-state index is 11.5. The first-order chi connectivity index (χ1) is 8.30. The van der Waals surface area contributed by atoms with Crippen molar-refractivity contribution in [2.45, 2.75) is 26.4 Å². The van der Waals surface area contributed by atoms with Crippen LogP contribution in [-0.4, -0.2) is 37.9 Å². The molecule has 0 fully saturated rings. The van der Waals surface area contributed by atoms with E-state index in [1.54, 1.807) is 20.8 Å². The highest BCUT2D eigenvalue weighted by Crippen LogP contribution is 2.07. The molecule has 18 heavy (non-hydrogen) atoms. The van der Waals surface area contributed by atoms with Gasteiger partial charge in [-0.1, -0.05) is 0 Å². The predicted octanol–water partition coefficient (Wildman–Crippen LogP) is 0.0738. The summed E-state index contributed by atoms with van der Waals surface area (Å²) in [6, 6.07) is 0. The van der Waals surface area contributed by atoms with Crippen LogP contribution in [0.3, 0.4) is 0 Å². The van der Waals surface area contributed by atoms with Crippen molar-refractivity contribution >= 4 is 12.1 Å². The number of ether oxygens (including phenoxy) is 2. The maximum Gasteiger partial charge on any atom is 0.412 e. The number of amides is 1. The molecular formula is C11H21N3O4. The maximum atomic E-state index is 11.5. The average molecular weight is 259 g/mol. The molecule has 0 saturated carbocycles. The molecule has 1 amide bonds. The molecule has 7 heteroatoms. The van der Waals surface area contributed by atoms with Gasteiger partial charge in [0.15, 0.2) is 0 Å². The number of hydrogen-bond acceptors (Lipinski definition) is 6. The van der Waals surface area contributed by atoms with Gasteiger partial charge in [0.2, 0.25) is 0 Å². The van der Waals surface area contributed by atoms with Crippen LogP contribution in [0.15, 0.2) is 11.9 Å². The fourth-order valence-electron chi connectivity index (χ4n) is 0.927. The summed E-state index contributed by atoms with van der Waals surface area (Å²) in [4.78, 5) is 22.9. The Morgan fingerprint density at radius 1 is 1.33 bits per heavy atom. The van der Waals surface area contributed by atoms with Gasteiger partial charge in [-0.2, -0.15) is 0 Å². The third kappa shape index (κ3) is 7.50. The van der Waals surface area contributed by atoms with Crippen molar-refractivity contribution in [3.8, 4) is 0 Å². The van der Waals surface area contributed by atoms with Crippen molar-refractivity contribution < 1.29 is 19.1 Å². The number of nitrogens with two attached hydrogens (primary N) is 1. The number of methoxy groups -OCH3 is 1.